The fourth-order valence-electron chi connectivity index (χ4n) is 4.04. The molecule has 1 aliphatic heterocycles. The Kier molecular flexibility index (Phi) is 4.10. The Balaban J connectivity index is 1.68. The van der Waals surface area contributed by atoms with Gasteiger partial charge in [-0.3, -0.25) is 0 Å². The summed E-state index contributed by atoms with van der Waals surface area (Å²) in [7, 11) is -3.71. The van der Waals surface area contributed by atoms with Crippen LogP contribution in [-0.4, -0.2) is 38.6 Å². The van der Waals surface area contributed by atoms with Crippen LogP contribution in [0.4, 0.5) is 5.69 Å². The summed E-state index contributed by atoms with van der Waals surface area (Å²) in [5.74, 6) is 0. The highest BCUT2D eigenvalue weighted by molar-refractivity contribution is 7.90. The van der Waals surface area contributed by atoms with Gasteiger partial charge < -0.3 is 10.2 Å². The van der Waals surface area contributed by atoms with Crippen LogP contribution in [-0.2, 0) is 10.0 Å². The van der Waals surface area contributed by atoms with Gasteiger partial charge in [-0.25, -0.2) is 12.4 Å². The Bertz CT molecular complexity index is 1270. The molecule has 0 bridgehead atoms. The molecule has 3 aromatic carbocycles. The lowest BCUT2D eigenvalue weighted by atomic mass is 10.1. The summed E-state index contributed by atoms with van der Waals surface area (Å²) in [6.45, 7) is 3.71. The average Bonchev–Trinajstić information content (AvgIpc) is 3.19. The summed E-state index contributed by atoms with van der Waals surface area (Å²) in [6, 6.07) is 20.8. The van der Waals surface area contributed by atoms with E-state index in [4.69, 9.17) is 0 Å². The van der Waals surface area contributed by atoms with Gasteiger partial charge in [-0.2, -0.15) is 0 Å². The van der Waals surface area contributed by atoms with E-state index in [9.17, 15) is 8.42 Å². The van der Waals surface area contributed by atoms with Crippen molar-refractivity contribution in [1.82, 2.24) is 9.29 Å². The minimum Gasteiger partial charge on any atom is -0.368 e. The second-order valence-electron chi connectivity index (χ2n) is 7.04. The highest BCUT2D eigenvalue weighted by Gasteiger charge is 2.23. The molecule has 0 amide bonds. The summed E-state index contributed by atoms with van der Waals surface area (Å²) in [6.07, 6.45) is 1.67. The van der Waals surface area contributed by atoms with Crippen molar-refractivity contribution in [2.75, 3.05) is 31.1 Å². The number of fused-ring (bicyclic) bond motifs is 2. The van der Waals surface area contributed by atoms with Gasteiger partial charge in [-0.1, -0.05) is 42.5 Å². The molecule has 1 fully saturated rings. The first-order chi connectivity index (χ1) is 13.7. The minimum atomic E-state index is -3.71. The molecule has 1 saturated heterocycles. The van der Waals surface area contributed by atoms with Crippen molar-refractivity contribution in [3.05, 3.63) is 72.9 Å². The molecule has 1 aliphatic rings. The Hall–Kier alpha value is -2.83. The van der Waals surface area contributed by atoms with Gasteiger partial charge >= 0.3 is 0 Å². The van der Waals surface area contributed by atoms with E-state index in [1.807, 2.05) is 48.5 Å². The molecule has 5 nitrogen and oxygen atoms in total. The van der Waals surface area contributed by atoms with E-state index in [2.05, 4.69) is 16.3 Å². The molecular formula is C22H21N3O2S. The van der Waals surface area contributed by atoms with Crippen molar-refractivity contribution in [3.63, 3.8) is 0 Å². The van der Waals surface area contributed by atoms with E-state index in [-0.39, 0.29) is 0 Å². The van der Waals surface area contributed by atoms with Crippen molar-refractivity contribution in [3.8, 4) is 0 Å². The van der Waals surface area contributed by atoms with Crippen LogP contribution in [0.2, 0.25) is 0 Å². The van der Waals surface area contributed by atoms with Gasteiger partial charge in [0.05, 0.1) is 10.4 Å². The van der Waals surface area contributed by atoms with Gasteiger partial charge in [0.25, 0.3) is 10.0 Å². The van der Waals surface area contributed by atoms with E-state index in [0.717, 1.165) is 48.0 Å². The lowest BCUT2D eigenvalue weighted by molar-refractivity contribution is 0.589. The van der Waals surface area contributed by atoms with Gasteiger partial charge in [0, 0.05) is 48.8 Å². The number of rotatable bonds is 3. The fraction of sp³-hybridized carbons (Fsp3) is 0.182. The average molecular weight is 391 g/mol. The standard InChI is InChI=1S/C22H21N3O2S/c26-28(27,22-10-3-6-17-5-1-2-7-18(17)22)25-14-11-19-20(8-4-9-21(19)25)24-15-12-23-13-16-24/h1-11,14,23H,12-13,15-16H2. The normalized spacial score (nSPS) is 15.4. The first-order valence-corrected chi connectivity index (χ1v) is 10.9. The highest BCUT2D eigenvalue weighted by atomic mass is 32.2. The number of nitrogens with one attached hydrogen (secondary N) is 1. The Labute approximate surface area is 164 Å². The smallest absolute Gasteiger partial charge is 0.268 e. The van der Waals surface area contributed by atoms with Crippen molar-refractivity contribution in [2.24, 2.45) is 0 Å². The quantitative estimate of drug-likeness (QED) is 0.581. The number of hydrogen-bond donors (Lipinski definition) is 1. The monoisotopic (exact) mass is 391 g/mol. The summed E-state index contributed by atoms with van der Waals surface area (Å²) >= 11 is 0. The van der Waals surface area contributed by atoms with Crippen LogP contribution in [0, 0.1) is 0 Å². The molecule has 1 aromatic heterocycles. The maximum Gasteiger partial charge on any atom is 0.268 e. The number of hydrogen-bond acceptors (Lipinski definition) is 4. The predicted octanol–water partition coefficient (Wildman–Crippen LogP) is 3.44. The Morgan fingerprint density at radius 1 is 0.786 bits per heavy atom. The van der Waals surface area contributed by atoms with Crippen LogP contribution in [0.3, 0.4) is 0 Å². The molecule has 0 aliphatic carbocycles. The van der Waals surface area contributed by atoms with Crippen LogP contribution < -0.4 is 10.2 Å². The van der Waals surface area contributed by atoms with Gasteiger partial charge in [0.2, 0.25) is 0 Å². The lowest BCUT2D eigenvalue weighted by Crippen LogP contribution is -2.43. The molecule has 5 rings (SSSR count). The second kappa shape index (κ2) is 6.65. The first kappa shape index (κ1) is 17.3. The first-order valence-electron chi connectivity index (χ1n) is 9.45. The SMILES string of the molecule is O=S(=O)(c1cccc2ccccc12)n1ccc2c(N3CCNCC3)cccc21. The molecule has 6 heteroatoms. The third-order valence-corrected chi connectivity index (χ3v) is 7.17. The van der Waals surface area contributed by atoms with Crippen LogP contribution >= 0.6 is 0 Å². The highest BCUT2D eigenvalue weighted by Crippen LogP contribution is 2.32. The van der Waals surface area contributed by atoms with Gasteiger partial charge in [-0.05, 0) is 29.7 Å². The van der Waals surface area contributed by atoms with Crippen LogP contribution in [0.1, 0.15) is 0 Å². The van der Waals surface area contributed by atoms with E-state index < -0.39 is 10.0 Å². The lowest BCUT2D eigenvalue weighted by Gasteiger charge is -2.30. The van der Waals surface area contributed by atoms with Crippen LogP contribution in [0.5, 0.6) is 0 Å². The van der Waals surface area contributed by atoms with E-state index in [0.29, 0.717) is 10.4 Å². The topological polar surface area (TPSA) is 54.3 Å². The van der Waals surface area contributed by atoms with E-state index >= 15 is 0 Å². The Morgan fingerprint density at radius 3 is 2.39 bits per heavy atom. The van der Waals surface area contributed by atoms with Crippen molar-refractivity contribution in [2.45, 2.75) is 4.90 Å². The molecular weight excluding hydrogens is 370 g/mol. The zero-order valence-electron chi connectivity index (χ0n) is 15.4. The minimum absolute atomic E-state index is 0.329. The van der Waals surface area contributed by atoms with E-state index in [1.165, 1.54) is 3.97 Å². The number of aromatic nitrogens is 1. The number of piperazine rings is 1. The van der Waals surface area contributed by atoms with E-state index in [1.54, 1.807) is 18.3 Å². The second-order valence-corrected chi connectivity index (χ2v) is 8.82. The number of nitrogens with zero attached hydrogens (tertiary/aromatic N) is 2. The largest absolute Gasteiger partial charge is 0.368 e. The molecule has 0 atom stereocenters. The maximum absolute atomic E-state index is 13.5. The van der Waals surface area contributed by atoms with Gasteiger partial charge in [-0.15, -0.1) is 0 Å². The fourth-order valence-corrected chi connectivity index (χ4v) is 5.61. The third kappa shape index (κ3) is 2.68. The predicted molar refractivity (Wildman–Crippen MR) is 114 cm³/mol. The van der Waals surface area contributed by atoms with Crippen molar-refractivity contribution < 1.29 is 8.42 Å². The van der Waals surface area contributed by atoms with Crippen molar-refractivity contribution >= 4 is 37.4 Å². The van der Waals surface area contributed by atoms with Crippen molar-refractivity contribution in [1.29, 1.82) is 0 Å². The number of benzene rings is 3. The summed E-state index contributed by atoms with van der Waals surface area (Å²) < 4.78 is 28.5. The molecule has 2 heterocycles. The summed E-state index contributed by atoms with van der Waals surface area (Å²) in [5, 5.41) is 5.98. The zero-order valence-corrected chi connectivity index (χ0v) is 16.2. The molecule has 28 heavy (non-hydrogen) atoms. The molecule has 0 radical (unpaired) electrons. The molecule has 0 spiro atoms. The molecule has 1 N–H and O–H groups in total. The zero-order chi connectivity index (χ0) is 19.1. The Morgan fingerprint density at radius 2 is 1.54 bits per heavy atom. The molecule has 4 aromatic rings. The van der Waals surface area contributed by atoms with Gasteiger partial charge in [0.1, 0.15) is 0 Å². The van der Waals surface area contributed by atoms with Crippen LogP contribution in [0.25, 0.3) is 21.7 Å². The summed E-state index contributed by atoms with van der Waals surface area (Å²) in [4.78, 5) is 2.64. The van der Waals surface area contributed by atoms with Crippen LogP contribution in [0.15, 0.2) is 77.8 Å². The molecule has 142 valence electrons. The molecule has 0 unspecified atom stereocenters. The maximum atomic E-state index is 13.5. The molecule has 0 saturated carbocycles. The third-order valence-electron chi connectivity index (χ3n) is 5.42. The van der Waals surface area contributed by atoms with Gasteiger partial charge in [0.15, 0.2) is 0 Å². The number of anilines is 1. The summed E-state index contributed by atoms with van der Waals surface area (Å²) in [5.41, 5.74) is 1.80.